The molecule has 0 fully saturated rings. The van der Waals surface area contributed by atoms with E-state index in [1.165, 1.54) is 0 Å². The van der Waals surface area contributed by atoms with Crippen molar-refractivity contribution in [2.45, 2.75) is 13.5 Å². The van der Waals surface area contributed by atoms with E-state index in [0.717, 1.165) is 27.7 Å². The summed E-state index contributed by atoms with van der Waals surface area (Å²) in [4.78, 5) is 8.97. The van der Waals surface area contributed by atoms with Gasteiger partial charge in [0.2, 0.25) is 0 Å². The molecule has 0 saturated carbocycles. The van der Waals surface area contributed by atoms with Crippen molar-refractivity contribution in [2.24, 2.45) is 4.99 Å². The first-order valence-corrected chi connectivity index (χ1v) is 9.89. The highest BCUT2D eigenvalue weighted by Gasteiger charge is 2.08. The summed E-state index contributed by atoms with van der Waals surface area (Å²) in [5.41, 5.74) is 2.95. The molecule has 0 radical (unpaired) electrons. The highest BCUT2D eigenvalue weighted by molar-refractivity contribution is 7.13. The number of benzene rings is 2. The molecule has 0 unspecified atom stereocenters. The third-order valence-electron chi connectivity index (χ3n) is 3.96. The molecular weight excluding hydrogens is 372 g/mol. The van der Waals surface area contributed by atoms with E-state index in [0.29, 0.717) is 24.9 Å². The van der Waals surface area contributed by atoms with E-state index >= 15 is 0 Å². The first-order chi connectivity index (χ1) is 13.7. The molecule has 2 aromatic carbocycles. The van der Waals surface area contributed by atoms with Crippen molar-refractivity contribution in [3.8, 4) is 22.1 Å². The minimum Gasteiger partial charge on any atom is -0.493 e. The molecule has 146 valence electrons. The summed E-state index contributed by atoms with van der Waals surface area (Å²) < 4.78 is 10.9. The molecular formula is C21H24N4O2S. The Morgan fingerprint density at radius 1 is 1.14 bits per heavy atom. The smallest absolute Gasteiger partial charge is 0.195 e. The highest BCUT2D eigenvalue weighted by atomic mass is 32.1. The summed E-state index contributed by atoms with van der Waals surface area (Å²) in [6.45, 7) is 3.11. The van der Waals surface area contributed by atoms with Crippen LogP contribution >= 0.6 is 11.3 Å². The molecule has 6 nitrogen and oxygen atoms in total. The quantitative estimate of drug-likeness (QED) is 0.457. The Bertz CT molecular complexity index is 925. The van der Waals surface area contributed by atoms with E-state index in [1.807, 2.05) is 43.3 Å². The largest absolute Gasteiger partial charge is 0.493 e. The van der Waals surface area contributed by atoms with Crippen LogP contribution in [0.3, 0.4) is 0 Å². The molecule has 0 aliphatic carbocycles. The topological polar surface area (TPSA) is 67.8 Å². The number of aliphatic imine (C=N–C) groups is 1. The van der Waals surface area contributed by atoms with E-state index in [-0.39, 0.29) is 0 Å². The Labute approximate surface area is 169 Å². The maximum atomic E-state index is 5.55. The molecule has 0 atom stereocenters. The van der Waals surface area contributed by atoms with Crippen LogP contribution in [0.5, 0.6) is 11.5 Å². The van der Waals surface area contributed by atoms with Gasteiger partial charge in [-0.15, -0.1) is 11.3 Å². The lowest BCUT2D eigenvalue weighted by Crippen LogP contribution is -2.30. The molecule has 0 spiro atoms. The van der Waals surface area contributed by atoms with Gasteiger partial charge in [-0.05, 0) is 19.1 Å². The fraction of sp³-hybridized carbons (Fsp3) is 0.238. The molecule has 0 aliphatic rings. The number of nitrogens with one attached hydrogen (secondary N) is 2. The summed E-state index contributed by atoms with van der Waals surface area (Å²) in [6.07, 6.45) is 0. The predicted octanol–water partition coefficient (Wildman–Crippen LogP) is 4.40. The lowest BCUT2D eigenvalue weighted by molar-refractivity contribution is 0.311. The second-order valence-corrected chi connectivity index (χ2v) is 6.72. The van der Waals surface area contributed by atoms with Crippen LogP contribution in [0.15, 0.2) is 58.9 Å². The van der Waals surface area contributed by atoms with Gasteiger partial charge in [0, 0.05) is 29.7 Å². The van der Waals surface area contributed by atoms with Crippen molar-refractivity contribution in [3.05, 3.63) is 59.6 Å². The summed E-state index contributed by atoms with van der Waals surface area (Å²) in [7, 11) is 3.36. The van der Waals surface area contributed by atoms with E-state index in [2.05, 4.69) is 38.1 Å². The number of nitrogens with zero attached hydrogens (tertiary/aromatic N) is 2. The number of guanidine groups is 1. The van der Waals surface area contributed by atoms with Crippen molar-refractivity contribution in [3.63, 3.8) is 0 Å². The lowest BCUT2D eigenvalue weighted by atomic mass is 10.2. The Morgan fingerprint density at radius 2 is 1.96 bits per heavy atom. The zero-order valence-corrected chi connectivity index (χ0v) is 17.0. The van der Waals surface area contributed by atoms with Gasteiger partial charge in [-0.1, -0.05) is 30.3 Å². The average Bonchev–Trinajstić information content (AvgIpc) is 3.22. The van der Waals surface area contributed by atoms with Gasteiger partial charge in [-0.2, -0.15) is 0 Å². The van der Waals surface area contributed by atoms with Crippen molar-refractivity contribution in [1.29, 1.82) is 0 Å². The van der Waals surface area contributed by atoms with E-state index in [4.69, 9.17) is 9.47 Å². The molecule has 1 aromatic heterocycles. The van der Waals surface area contributed by atoms with E-state index in [1.54, 1.807) is 25.5 Å². The standard InChI is InChI=1S/C21H24N4O2S/c1-4-27-18-11-10-16(12-19(18)26-3)25-21(22-2)23-13-17-14-28-20(24-17)15-8-6-5-7-9-15/h5-12,14H,4,13H2,1-3H3,(H2,22,23,25). The van der Waals surface area contributed by atoms with Crippen molar-refractivity contribution >= 4 is 23.0 Å². The number of rotatable bonds is 7. The molecule has 0 saturated heterocycles. The minimum atomic E-state index is 0.581. The van der Waals surface area contributed by atoms with Gasteiger partial charge < -0.3 is 20.1 Å². The molecule has 28 heavy (non-hydrogen) atoms. The third kappa shape index (κ3) is 5.01. The molecule has 0 aliphatic heterocycles. The Balaban J connectivity index is 1.62. The van der Waals surface area contributed by atoms with Crippen molar-refractivity contribution in [2.75, 3.05) is 26.1 Å². The predicted molar refractivity (Wildman–Crippen MR) is 116 cm³/mol. The fourth-order valence-corrected chi connectivity index (χ4v) is 3.44. The maximum absolute atomic E-state index is 5.55. The van der Waals surface area contributed by atoms with Gasteiger partial charge in [0.1, 0.15) is 5.01 Å². The summed E-state index contributed by atoms with van der Waals surface area (Å²) >= 11 is 1.64. The number of hydrogen-bond acceptors (Lipinski definition) is 5. The Morgan fingerprint density at radius 3 is 2.68 bits per heavy atom. The first-order valence-electron chi connectivity index (χ1n) is 9.01. The van der Waals surface area contributed by atoms with E-state index < -0.39 is 0 Å². The van der Waals surface area contributed by atoms with Crippen LogP contribution in [0.4, 0.5) is 5.69 Å². The summed E-state index contributed by atoms with van der Waals surface area (Å²) in [5.74, 6) is 2.05. The number of methoxy groups -OCH3 is 1. The summed E-state index contributed by atoms with van der Waals surface area (Å²) in [5, 5.41) is 9.62. The van der Waals surface area contributed by atoms with Gasteiger partial charge in [-0.25, -0.2) is 4.98 Å². The van der Waals surface area contributed by atoms with Crippen LogP contribution in [-0.2, 0) is 6.54 Å². The van der Waals surface area contributed by atoms with Gasteiger partial charge in [0.05, 0.1) is 26.0 Å². The lowest BCUT2D eigenvalue weighted by Gasteiger charge is -2.14. The molecule has 0 bridgehead atoms. The van der Waals surface area contributed by atoms with Gasteiger partial charge in [0.25, 0.3) is 0 Å². The molecule has 7 heteroatoms. The average molecular weight is 397 g/mol. The Kier molecular flexibility index (Phi) is 6.86. The SMILES string of the molecule is CCOc1ccc(NC(=NC)NCc2csc(-c3ccccc3)n2)cc1OC. The number of thiazole rings is 1. The zero-order chi connectivity index (χ0) is 19.8. The monoisotopic (exact) mass is 396 g/mol. The second kappa shape index (κ2) is 9.75. The van der Waals surface area contributed by atoms with Crippen LogP contribution in [0.1, 0.15) is 12.6 Å². The van der Waals surface area contributed by atoms with Crippen LogP contribution in [0, 0.1) is 0 Å². The maximum Gasteiger partial charge on any atom is 0.195 e. The summed E-state index contributed by atoms with van der Waals surface area (Å²) in [6, 6.07) is 15.9. The molecule has 3 rings (SSSR count). The van der Waals surface area contributed by atoms with E-state index in [9.17, 15) is 0 Å². The third-order valence-corrected chi connectivity index (χ3v) is 4.90. The molecule has 0 amide bonds. The minimum absolute atomic E-state index is 0.581. The molecule has 3 aromatic rings. The van der Waals surface area contributed by atoms with Crippen LogP contribution in [-0.4, -0.2) is 31.7 Å². The fourth-order valence-electron chi connectivity index (χ4n) is 2.61. The van der Waals surface area contributed by atoms with Crippen molar-refractivity contribution in [1.82, 2.24) is 10.3 Å². The first kappa shape index (κ1) is 19.7. The normalized spacial score (nSPS) is 11.2. The van der Waals surface area contributed by atoms with Gasteiger partial charge >= 0.3 is 0 Å². The van der Waals surface area contributed by atoms with Crippen molar-refractivity contribution < 1.29 is 9.47 Å². The van der Waals surface area contributed by atoms with Gasteiger partial charge in [0.15, 0.2) is 17.5 Å². The molecule has 1 heterocycles. The van der Waals surface area contributed by atoms with Crippen LogP contribution in [0.2, 0.25) is 0 Å². The second-order valence-electron chi connectivity index (χ2n) is 5.86. The number of aromatic nitrogens is 1. The number of hydrogen-bond donors (Lipinski definition) is 2. The Hall–Kier alpha value is -3.06. The van der Waals surface area contributed by atoms with Crippen LogP contribution < -0.4 is 20.1 Å². The molecule has 2 N–H and O–H groups in total. The zero-order valence-electron chi connectivity index (χ0n) is 16.2. The van der Waals surface area contributed by atoms with Crippen LogP contribution in [0.25, 0.3) is 10.6 Å². The highest BCUT2D eigenvalue weighted by Crippen LogP contribution is 2.30. The number of ether oxygens (including phenoxy) is 2. The number of anilines is 1. The van der Waals surface area contributed by atoms with Gasteiger partial charge in [-0.3, -0.25) is 4.99 Å².